The molecular weight excluding hydrogens is 326 g/mol. The Morgan fingerprint density at radius 1 is 0.640 bits per heavy atom. The maximum absolute atomic E-state index is 2.36. The molecule has 1 aromatic rings. The van der Waals surface area contributed by atoms with E-state index in [-0.39, 0.29) is 12.4 Å². The summed E-state index contributed by atoms with van der Waals surface area (Å²) in [7, 11) is 0. The van der Waals surface area contributed by atoms with Crippen molar-refractivity contribution in [3.8, 4) is 0 Å². The number of rotatable bonds is 15. The van der Waals surface area contributed by atoms with Crippen LogP contribution in [0.3, 0.4) is 0 Å². The van der Waals surface area contributed by atoms with Crippen molar-refractivity contribution in [2.75, 3.05) is 19.6 Å². The van der Waals surface area contributed by atoms with Crippen LogP contribution in [0.15, 0.2) is 30.3 Å². The Balaban J connectivity index is 0.00000576. The van der Waals surface area contributed by atoms with Crippen molar-refractivity contribution in [2.24, 2.45) is 0 Å². The fourth-order valence-corrected chi connectivity index (χ4v) is 3.75. The van der Waals surface area contributed by atoms with E-state index in [1.807, 2.05) is 0 Å². The molecule has 1 nitrogen and oxygen atoms in total. The number of hydrogen-bond acceptors (Lipinski definition) is 0. The predicted octanol–water partition coefficient (Wildman–Crippen LogP) is 3.97. The normalized spacial score (nSPS) is 11.3. The standard InChI is InChI=1S/C23H42N.ClH/c1-4-7-8-9-10-11-12-13-14-18-21-24(5-2,6-3)22-23-19-16-15-17-20-23;/h15-17,19-20H,4-14,18,21-22H2,1-3H3;1H/q+1;/p-1. The molecule has 0 aliphatic carbocycles. The zero-order valence-corrected chi connectivity index (χ0v) is 17.9. The molecule has 0 amide bonds. The summed E-state index contributed by atoms with van der Waals surface area (Å²) < 4.78 is 1.25. The van der Waals surface area contributed by atoms with Crippen LogP contribution in [0, 0.1) is 0 Å². The lowest BCUT2D eigenvalue weighted by Crippen LogP contribution is -3.00. The minimum absolute atomic E-state index is 0. The first-order chi connectivity index (χ1) is 11.8. The van der Waals surface area contributed by atoms with Crippen LogP contribution >= 0.6 is 0 Å². The molecule has 146 valence electrons. The Hall–Kier alpha value is -0.530. The minimum atomic E-state index is 0. The van der Waals surface area contributed by atoms with E-state index in [0.717, 1.165) is 0 Å². The lowest BCUT2D eigenvalue weighted by atomic mass is 10.1. The van der Waals surface area contributed by atoms with Gasteiger partial charge in [-0.05, 0) is 26.7 Å². The lowest BCUT2D eigenvalue weighted by Gasteiger charge is -2.37. The van der Waals surface area contributed by atoms with Crippen molar-refractivity contribution in [1.82, 2.24) is 0 Å². The molecule has 25 heavy (non-hydrogen) atoms. The molecule has 0 spiro atoms. The second kappa shape index (κ2) is 15.7. The highest BCUT2D eigenvalue weighted by Crippen LogP contribution is 2.17. The van der Waals surface area contributed by atoms with Crippen LogP contribution in [0.4, 0.5) is 0 Å². The Bertz CT molecular complexity index is 386. The van der Waals surface area contributed by atoms with E-state index in [0.29, 0.717) is 0 Å². The molecule has 0 fully saturated rings. The van der Waals surface area contributed by atoms with Gasteiger partial charge in [0.15, 0.2) is 0 Å². The van der Waals surface area contributed by atoms with Crippen LogP contribution in [-0.2, 0) is 6.54 Å². The lowest BCUT2D eigenvalue weighted by molar-refractivity contribution is -0.938. The molecule has 1 aromatic carbocycles. The maximum atomic E-state index is 2.36. The van der Waals surface area contributed by atoms with Gasteiger partial charge in [0.1, 0.15) is 6.54 Å². The van der Waals surface area contributed by atoms with Gasteiger partial charge in [-0.15, -0.1) is 0 Å². The van der Waals surface area contributed by atoms with Crippen molar-refractivity contribution in [3.63, 3.8) is 0 Å². The van der Waals surface area contributed by atoms with Gasteiger partial charge >= 0.3 is 0 Å². The van der Waals surface area contributed by atoms with Gasteiger partial charge in [0, 0.05) is 5.56 Å². The third-order valence-electron chi connectivity index (χ3n) is 5.69. The molecule has 2 heteroatoms. The van der Waals surface area contributed by atoms with E-state index < -0.39 is 0 Å². The molecular formula is C23H42ClN. The number of quaternary nitrogens is 1. The van der Waals surface area contributed by atoms with Crippen LogP contribution in [-0.4, -0.2) is 24.1 Å². The Kier molecular flexibility index (Phi) is 15.4. The van der Waals surface area contributed by atoms with Crippen molar-refractivity contribution in [3.05, 3.63) is 35.9 Å². The number of nitrogens with zero attached hydrogens (tertiary/aromatic N) is 1. The highest BCUT2D eigenvalue weighted by molar-refractivity contribution is 5.13. The van der Waals surface area contributed by atoms with E-state index in [2.05, 4.69) is 51.1 Å². The van der Waals surface area contributed by atoms with E-state index in [4.69, 9.17) is 0 Å². The Morgan fingerprint density at radius 3 is 1.60 bits per heavy atom. The van der Waals surface area contributed by atoms with E-state index in [9.17, 15) is 0 Å². The van der Waals surface area contributed by atoms with Crippen molar-refractivity contribution < 1.29 is 16.9 Å². The summed E-state index contributed by atoms with van der Waals surface area (Å²) in [5, 5.41) is 0. The highest BCUT2D eigenvalue weighted by atomic mass is 35.5. The molecule has 0 bridgehead atoms. The van der Waals surface area contributed by atoms with E-state index in [1.54, 1.807) is 0 Å². The minimum Gasteiger partial charge on any atom is -1.00 e. The maximum Gasteiger partial charge on any atom is 0.104 e. The second-order valence-electron chi connectivity index (χ2n) is 7.52. The zero-order valence-electron chi connectivity index (χ0n) is 17.1. The third kappa shape index (κ3) is 10.9. The van der Waals surface area contributed by atoms with Gasteiger partial charge in [-0.25, -0.2) is 0 Å². The summed E-state index contributed by atoms with van der Waals surface area (Å²) >= 11 is 0. The van der Waals surface area contributed by atoms with Crippen LogP contribution < -0.4 is 12.4 Å². The molecule has 0 atom stereocenters. The van der Waals surface area contributed by atoms with Gasteiger partial charge in [-0.2, -0.15) is 0 Å². The second-order valence-corrected chi connectivity index (χ2v) is 7.52. The molecule has 0 saturated carbocycles. The Morgan fingerprint density at radius 2 is 1.12 bits per heavy atom. The molecule has 0 aliphatic rings. The van der Waals surface area contributed by atoms with Crippen LogP contribution in [0.5, 0.6) is 0 Å². The number of halogens is 1. The number of unbranched alkanes of at least 4 members (excludes halogenated alkanes) is 9. The zero-order chi connectivity index (χ0) is 17.5. The Labute approximate surface area is 164 Å². The van der Waals surface area contributed by atoms with Gasteiger partial charge < -0.3 is 16.9 Å². The first-order valence-electron chi connectivity index (χ1n) is 10.7. The number of benzene rings is 1. The summed E-state index contributed by atoms with van der Waals surface area (Å²) in [6, 6.07) is 11.1. The van der Waals surface area contributed by atoms with Crippen molar-refractivity contribution in [1.29, 1.82) is 0 Å². The largest absolute Gasteiger partial charge is 1.00 e. The van der Waals surface area contributed by atoms with E-state index in [1.165, 1.54) is 100 Å². The molecule has 0 aromatic heterocycles. The third-order valence-corrected chi connectivity index (χ3v) is 5.69. The van der Waals surface area contributed by atoms with Gasteiger partial charge in [0.25, 0.3) is 0 Å². The molecule has 1 rings (SSSR count). The first kappa shape index (κ1) is 24.5. The molecule has 0 radical (unpaired) electrons. The number of hydrogen-bond donors (Lipinski definition) is 0. The summed E-state index contributed by atoms with van der Waals surface area (Å²) in [5.74, 6) is 0. The van der Waals surface area contributed by atoms with E-state index >= 15 is 0 Å². The summed E-state index contributed by atoms with van der Waals surface area (Å²) in [5.41, 5.74) is 1.49. The van der Waals surface area contributed by atoms with Gasteiger partial charge in [-0.1, -0.05) is 88.6 Å². The molecule has 0 heterocycles. The molecule has 0 N–H and O–H groups in total. The smallest absolute Gasteiger partial charge is 0.104 e. The molecule has 0 saturated heterocycles. The quantitative estimate of drug-likeness (QED) is 0.325. The molecule has 0 aliphatic heterocycles. The van der Waals surface area contributed by atoms with Gasteiger partial charge in [0.05, 0.1) is 19.6 Å². The predicted molar refractivity (Wildman–Crippen MR) is 108 cm³/mol. The topological polar surface area (TPSA) is 0 Å². The van der Waals surface area contributed by atoms with Gasteiger partial charge in [0.2, 0.25) is 0 Å². The fraction of sp³-hybridized carbons (Fsp3) is 0.739. The SMILES string of the molecule is CCCCCCCCCCCC[N+](CC)(CC)Cc1ccccc1.[Cl-]. The first-order valence-corrected chi connectivity index (χ1v) is 10.7. The monoisotopic (exact) mass is 367 g/mol. The van der Waals surface area contributed by atoms with Crippen LogP contribution in [0.1, 0.15) is 90.5 Å². The fourth-order valence-electron chi connectivity index (χ4n) is 3.75. The summed E-state index contributed by atoms with van der Waals surface area (Å²) in [6.07, 6.45) is 14.3. The average molecular weight is 368 g/mol. The van der Waals surface area contributed by atoms with Crippen molar-refractivity contribution in [2.45, 2.75) is 91.5 Å². The summed E-state index contributed by atoms with van der Waals surface area (Å²) in [4.78, 5) is 0. The van der Waals surface area contributed by atoms with Crippen molar-refractivity contribution >= 4 is 0 Å². The highest BCUT2D eigenvalue weighted by Gasteiger charge is 2.22. The summed E-state index contributed by atoms with van der Waals surface area (Å²) in [6.45, 7) is 12.1. The van der Waals surface area contributed by atoms with Crippen LogP contribution in [0.25, 0.3) is 0 Å². The average Bonchev–Trinajstić information content (AvgIpc) is 2.63. The van der Waals surface area contributed by atoms with Gasteiger partial charge in [-0.3, -0.25) is 0 Å². The molecule has 0 unspecified atom stereocenters. The van der Waals surface area contributed by atoms with Crippen LogP contribution in [0.2, 0.25) is 0 Å².